The number of imidazole rings is 1. The highest BCUT2D eigenvalue weighted by molar-refractivity contribution is 7.89. The van der Waals surface area contributed by atoms with Gasteiger partial charge in [0.15, 0.2) is 5.03 Å². The van der Waals surface area contributed by atoms with E-state index >= 15 is 0 Å². The standard InChI is InChI=1S/C15H27N5O2S/c1-13-17-14(10-18(13)3)23(21,22)20-8-6-19(7-9-20)12-15(2)4-5-16-11-15/h10,16H,4-9,11-12H2,1-3H3. The molecule has 1 N–H and O–H groups in total. The van der Waals surface area contributed by atoms with Crippen molar-refractivity contribution in [1.29, 1.82) is 0 Å². The zero-order valence-electron chi connectivity index (χ0n) is 14.2. The molecule has 2 fully saturated rings. The Bertz CT molecular complexity index is 636. The lowest BCUT2D eigenvalue weighted by Crippen LogP contribution is -2.51. The molecule has 2 aliphatic rings. The summed E-state index contributed by atoms with van der Waals surface area (Å²) in [6.45, 7) is 9.98. The van der Waals surface area contributed by atoms with Crippen molar-refractivity contribution in [1.82, 2.24) is 24.1 Å². The normalized spacial score (nSPS) is 27.6. The molecule has 0 saturated carbocycles. The summed E-state index contributed by atoms with van der Waals surface area (Å²) in [4.78, 5) is 6.57. The van der Waals surface area contributed by atoms with Crippen molar-refractivity contribution >= 4 is 10.0 Å². The Hall–Kier alpha value is -0.960. The van der Waals surface area contributed by atoms with E-state index in [9.17, 15) is 8.42 Å². The average Bonchev–Trinajstić information content (AvgIpc) is 3.07. The fourth-order valence-electron chi connectivity index (χ4n) is 3.45. The first-order valence-electron chi connectivity index (χ1n) is 8.23. The van der Waals surface area contributed by atoms with Crippen LogP contribution >= 0.6 is 0 Å². The quantitative estimate of drug-likeness (QED) is 0.837. The Labute approximate surface area is 138 Å². The minimum absolute atomic E-state index is 0.165. The van der Waals surface area contributed by atoms with E-state index in [0.29, 0.717) is 24.3 Å². The predicted octanol–water partition coefficient (Wildman–Crippen LogP) is 0.0344. The van der Waals surface area contributed by atoms with Gasteiger partial charge in [-0.3, -0.25) is 0 Å². The molecular formula is C15H27N5O2S. The number of rotatable bonds is 4. The van der Waals surface area contributed by atoms with Crippen molar-refractivity contribution in [2.45, 2.75) is 25.3 Å². The highest BCUT2D eigenvalue weighted by atomic mass is 32.2. The Morgan fingerprint density at radius 2 is 2.00 bits per heavy atom. The molecule has 7 nitrogen and oxygen atoms in total. The third-order valence-corrected chi connectivity index (χ3v) is 6.85. The van der Waals surface area contributed by atoms with Gasteiger partial charge in [-0.15, -0.1) is 0 Å². The first-order valence-corrected chi connectivity index (χ1v) is 9.67. The number of piperazine rings is 1. The van der Waals surface area contributed by atoms with Crippen LogP contribution in [0.4, 0.5) is 0 Å². The lowest BCUT2D eigenvalue weighted by molar-refractivity contribution is 0.132. The first-order chi connectivity index (χ1) is 10.8. The number of nitrogens with one attached hydrogen (secondary N) is 1. The molecule has 1 aromatic rings. The van der Waals surface area contributed by atoms with Crippen LogP contribution in [0.3, 0.4) is 0 Å². The molecule has 0 aromatic carbocycles. The molecule has 0 amide bonds. The number of sulfonamides is 1. The fraction of sp³-hybridized carbons (Fsp3) is 0.800. The highest BCUT2D eigenvalue weighted by Gasteiger charge is 2.34. The monoisotopic (exact) mass is 341 g/mol. The minimum Gasteiger partial charge on any atom is -0.337 e. The van der Waals surface area contributed by atoms with Gasteiger partial charge in [-0.1, -0.05) is 6.92 Å². The van der Waals surface area contributed by atoms with E-state index in [1.807, 2.05) is 14.0 Å². The van der Waals surface area contributed by atoms with Crippen LogP contribution in [0.5, 0.6) is 0 Å². The van der Waals surface area contributed by atoms with Gasteiger partial charge in [0.2, 0.25) is 0 Å². The molecule has 130 valence electrons. The largest absolute Gasteiger partial charge is 0.337 e. The van der Waals surface area contributed by atoms with E-state index in [-0.39, 0.29) is 5.03 Å². The second kappa shape index (κ2) is 6.16. The van der Waals surface area contributed by atoms with Gasteiger partial charge in [-0.25, -0.2) is 13.4 Å². The number of hydrogen-bond acceptors (Lipinski definition) is 5. The van der Waals surface area contributed by atoms with Gasteiger partial charge in [0.25, 0.3) is 10.0 Å². The van der Waals surface area contributed by atoms with Crippen molar-refractivity contribution in [3.05, 3.63) is 12.0 Å². The van der Waals surface area contributed by atoms with Crippen LogP contribution in [0.2, 0.25) is 0 Å². The highest BCUT2D eigenvalue weighted by Crippen LogP contribution is 2.26. The van der Waals surface area contributed by atoms with Crippen LogP contribution in [0.15, 0.2) is 11.2 Å². The van der Waals surface area contributed by atoms with E-state index in [1.54, 1.807) is 15.1 Å². The number of nitrogens with zero attached hydrogens (tertiary/aromatic N) is 4. The Kier molecular flexibility index (Phi) is 4.52. The molecule has 1 unspecified atom stereocenters. The molecule has 0 radical (unpaired) electrons. The SMILES string of the molecule is Cc1nc(S(=O)(=O)N2CCN(CC3(C)CCNC3)CC2)cn1C. The van der Waals surface area contributed by atoms with Crippen LogP contribution in [0, 0.1) is 12.3 Å². The maximum atomic E-state index is 12.7. The van der Waals surface area contributed by atoms with E-state index < -0.39 is 10.0 Å². The smallest absolute Gasteiger partial charge is 0.262 e. The van der Waals surface area contributed by atoms with Crippen molar-refractivity contribution < 1.29 is 8.42 Å². The summed E-state index contributed by atoms with van der Waals surface area (Å²) >= 11 is 0. The van der Waals surface area contributed by atoms with Gasteiger partial charge in [-0.05, 0) is 25.3 Å². The Morgan fingerprint density at radius 3 is 2.52 bits per heavy atom. The van der Waals surface area contributed by atoms with Crippen LogP contribution in [-0.2, 0) is 17.1 Å². The molecule has 2 saturated heterocycles. The second-order valence-electron chi connectivity index (χ2n) is 7.15. The zero-order valence-corrected chi connectivity index (χ0v) is 15.1. The lowest BCUT2D eigenvalue weighted by atomic mass is 9.89. The first kappa shape index (κ1) is 16.9. The molecule has 0 bridgehead atoms. The molecule has 0 aliphatic carbocycles. The molecule has 23 heavy (non-hydrogen) atoms. The maximum absolute atomic E-state index is 12.7. The van der Waals surface area contributed by atoms with Crippen molar-refractivity contribution in [2.75, 3.05) is 45.8 Å². The predicted molar refractivity (Wildman–Crippen MR) is 88.7 cm³/mol. The Balaban J connectivity index is 1.62. The number of aryl methyl sites for hydroxylation is 2. The number of aromatic nitrogens is 2. The maximum Gasteiger partial charge on any atom is 0.262 e. The second-order valence-corrected chi connectivity index (χ2v) is 9.04. The lowest BCUT2D eigenvalue weighted by Gasteiger charge is -2.37. The van der Waals surface area contributed by atoms with Crippen molar-refractivity contribution in [2.24, 2.45) is 12.5 Å². The van der Waals surface area contributed by atoms with E-state index in [2.05, 4.69) is 22.1 Å². The summed E-state index contributed by atoms with van der Waals surface area (Å²) in [7, 11) is -1.65. The molecule has 3 heterocycles. The third kappa shape index (κ3) is 3.45. The minimum atomic E-state index is -3.47. The molecular weight excluding hydrogens is 314 g/mol. The van der Waals surface area contributed by atoms with Gasteiger partial charge in [0.1, 0.15) is 5.82 Å². The summed E-state index contributed by atoms with van der Waals surface area (Å²) in [5.74, 6) is 0.712. The summed E-state index contributed by atoms with van der Waals surface area (Å²) in [5, 5.41) is 3.59. The molecule has 1 aromatic heterocycles. The summed E-state index contributed by atoms with van der Waals surface area (Å²) in [6, 6.07) is 0. The van der Waals surface area contributed by atoms with Crippen molar-refractivity contribution in [3.8, 4) is 0 Å². The molecule has 8 heteroatoms. The van der Waals surface area contributed by atoms with Gasteiger partial charge in [-0.2, -0.15) is 4.31 Å². The van der Waals surface area contributed by atoms with Gasteiger partial charge in [0, 0.05) is 52.5 Å². The summed E-state index contributed by atoms with van der Waals surface area (Å²) in [6.07, 6.45) is 2.79. The number of hydrogen-bond donors (Lipinski definition) is 1. The van der Waals surface area contributed by atoms with Crippen molar-refractivity contribution in [3.63, 3.8) is 0 Å². The van der Waals surface area contributed by atoms with E-state index in [4.69, 9.17) is 0 Å². The van der Waals surface area contributed by atoms with E-state index in [0.717, 1.165) is 32.7 Å². The topological polar surface area (TPSA) is 70.5 Å². The van der Waals surface area contributed by atoms with Gasteiger partial charge >= 0.3 is 0 Å². The zero-order chi connectivity index (χ0) is 16.7. The summed E-state index contributed by atoms with van der Waals surface area (Å²) < 4.78 is 28.7. The third-order valence-electron chi connectivity index (χ3n) is 5.08. The van der Waals surface area contributed by atoms with Crippen LogP contribution in [0.1, 0.15) is 19.2 Å². The van der Waals surface area contributed by atoms with Gasteiger partial charge in [0.05, 0.1) is 0 Å². The van der Waals surface area contributed by atoms with Gasteiger partial charge < -0.3 is 14.8 Å². The van der Waals surface area contributed by atoms with Crippen LogP contribution in [-0.4, -0.2) is 73.0 Å². The Morgan fingerprint density at radius 1 is 1.30 bits per heavy atom. The molecule has 0 spiro atoms. The fourth-order valence-corrected chi connectivity index (χ4v) is 4.90. The van der Waals surface area contributed by atoms with E-state index in [1.165, 1.54) is 6.42 Å². The molecule has 3 rings (SSSR count). The molecule has 2 aliphatic heterocycles. The van der Waals surface area contributed by atoms with Crippen LogP contribution < -0.4 is 5.32 Å². The van der Waals surface area contributed by atoms with Crippen LogP contribution in [0.25, 0.3) is 0 Å². The molecule has 1 atom stereocenters. The average molecular weight is 341 g/mol. The summed E-state index contributed by atoms with van der Waals surface area (Å²) in [5.41, 5.74) is 0.319.